The van der Waals surface area contributed by atoms with Crippen molar-refractivity contribution < 1.29 is 20.1 Å². The van der Waals surface area contributed by atoms with E-state index in [1.807, 2.05) is 0 Å². The molecule has 8 heteroatoms. The van der Waals surface area contributed by atoms with E-state index in [0.29, 0.717) is 18.5 Å². The van der Waals surface area contributed by atoms with E-state index in [9.17, 15) is 19.8 Å². The van der Waals surface area contributed by atoms with Crippen molar-refractivity contribution in [3.05, 3.63) is 45.3 Å². The lowest BCUT2D eigenvalue weighted by Gasteiger charge is -2.20. The van der Waals surface area contributed by atoms with Crippen LogP contribution in [0.1, 0.15) is 18.3 Å². The number of aromatic amines is 1. The molecule has 1 aromatic rings. The van der Waals surface area contributed by atoms with E-state index in [0.717, 1.165) is 4.57 Å². The van der Waals surface area contributed by atoms with E-state index in [-0.39, 0.29) is 0 Å². The second kappa shape index (κ2) is 6.35. The number of aliphatic hydroxyl groups excluding tert-OH is 3. The Balaban J connectivity index is 2.45. The molecule has 2 heterocycles. The topological polar surface area (TPSA) is 125 Å². The Morgan fingerprint density at radius 1 is 1.38 bits per heavy atom. The third-order valence-electron chi connectivity index (χ3n) is 3.43. The normalized spacial score (nSPS) is 28.7. The van der Waals surface area contributed by atoms with E-state index >= 15 is 0 Å². The molecule has 8 nitrogen and oxygen atoms in total. The van der Waals surface area contributed by atoms with E-state index in [2.05, 4.69) is 11.6 Å². The second-order valence-corrected chi connectivity index (χ2v) is 4.86. The lowest BCUT2D eigenvalue weighted by atomic mass is 10.1. The first kappa shape index (κ1) is 15.6. The number of hydrogen-bond acceptors (Lipinski definition) is 6. The van der Waals surface area contributed by atoms with Crippen LogP contribution in [0.3, 0.4) is 0 Å². The van der Waals surface area contributed by atoms with Gasteiger partial charge in [0.2, 0.25) is 0 Å². The molecule has 1 aromatic heterocycles. The highest BCUT2D eigenvalue weighted by Gasteiger charge is 2.44. The van der Waals surface area contributed by atoms with Gasteiger partial charge in [0.15, 0.2) is 6.23 Å². The van der Waals surface area contributed by atoms with Crippen molar-refractivity contribution in [2.45, 2.75) is 37.4 Å². The van der Waals surface area contributed by atoms with Gasteiger partial charge in [0.1, 0.15) is 18.3 Å². The fraction of sp³-hybridized carbons (Fsp3) is 0.538. The van der Waals surface area contributed by atoms with Crippen LogP contribution in [0.5, 0.6) is 0 Å². The molecular weight excluding hydrogens is 280 g/mol. The highest BCUT2D eigenvalue weighted by atomic mass is 16.6. The minimum absolute atomic E-state index is 0.356. The van der Waals surface area contributed by atoms with Gasteiger partial charge >= 0.3 is 5.69 Å². The standard InChI is InChI=1S/C13H18N2O6/c1-2-3-4-7-5-9(17)14-13(20)15(7)12-11(19)10(18)8(6-16)21-12/h2,5,8,10-12,16,18-19H,1,3-4,6H2,(H,14,17,20)/t8-,10-,11-,12-/m1/s1. The zero-order valence-electron chi connectivity index (χ0n) is 11.3. The average molecular weight is 298 g/mol. The number of rotatable bonds is 5. The Bertz CT molecular complexity index is 622. The number of H-pyrrole nitrogens is 1. The van der Waals surface area contributed by atoms with Crippen LogP contribution in [0, 0.1) is 0 Å². The zero-order valence-corrected chi connectivity index (χ0v) is 11.3. The maximum absolute atomic E-state index is 12.0. The fourth-order valence-corrected chi connectivity index (χ4v) is 2.37. The lowest BCUT2D eigenvalue weighted by molar-refractivity contribution is -0.0562. The summed E-state index contributed by atoms with van der Waals surface area (Å²) < 4.78 is 6.42. The monoisotopic (exact) mass is 298 g/mol. The van der Waals surface area contributed by atoms with Gasteiger partial charge in [-0.25, -0.2) is 4.79 Å². The summed E-state index contributed by atoms with van der Waals surface area (Å²) in [5, 5.41) is 28.8. The summed E-state index contributed by atoms with van der Waals surface area (Å²) in [6.07, 6.45) is -2.34. The Morgan fingerprint density at radius 2 is 2.10 bits per heavy atom. The molecule has 0 radical (unpaired) electrons. The average Bonchev–Trinajstić information content (AvgIpc) is 2.72. The quantitative estimate of drug-likeness (QED) is 0.479. The largest absolute Gasteiger partial charge is 0.394 e. The minimum atomic E-state index is -1.38. The molecule has 4 atom stereocenters. The summed E-state index contributed by atoms with van der Waals surface area (Å²) in [5.74, 6) is 0. The van der Waals surface area contributed by atoms with Crippen molar-refractivity contribution in [3.8, 4) is 0 Å². The van der Waals surface area contributed by atoms with Crippen LogP contribution in [0.15, 0.2) is 28.3 Å². The van der Waals surface area contributed by atoms with Gasteiger partial charge in [-0.2, -0.15) is 0 Å². The van der Waals surface area contributed by atoms with Crippen LogP contribution in [0.4, 0.5) is 0 Å². The molecule has 0 amide bonds. The minimum Gasteiger partial charge on any atom is -0.394 e. The molecule has 1 aliphatic rings. The van der Waals surface area contributed by atoms with Crippen molar-refractivity contribution in [1.82, 2.24) is 9.55 Å². The van der Waals surface area contributed by atoms with Gasteiger partial charge in [-0.15, -0.1) is 6.58 Å². The summed E-state index contributed by atoms with van der Waals surface area (Å²) in [7, 11) is 0. The van der Waals surface area contributed by atoms with E-state index < -0.39 is 42.4 Å². The van der Waals surface area contributed by atoms with Crippen LogP contribution in [-0.2, 0) is 11.2 Å². The van der Waals surface area contributed by atoms with Crippen LogP contribution in [-0.4, -0.2) is 49.8 Å². The second-order valence-electron chi connectivity index (χ2n) is 4.86. The molecular formula is C13H18N2O6. The van der Waals surface area contributed by atoms with Crippen LogP contribution < -0.4 is 11.2 Å². The predicted octanol–water partition coefficient (Wildman–Crippen LogP) is -1.73. The van der Waals surface area contributed by atoms with Gasteiger partial charge in [-0.1, -0.05) is 6.08 Å². The molecule has 0 unspecified atom stereocenters. The Hall–Kier alpha value is -1.74. The van der Waals surface area contributed by atoms with Crippen molar-refractivity contribution in [1.29, 1.82) is 0 Å². The molecule has 1 aliphatic heterocycles. The third kappa shape index (κ3) is 2.98. The predicted molar refractivity (Wildman–Crippen MR) is 72.9 cm³/mol. The molecule has 0 spiro atoms. The molecule has 21 heavy (non-hydrogen) atoms. The number of ether oxygens (including phenoxy) is 1. The Morgan fingerprint density at radius 3 is 2.67 bits per heavy atom. The fourth-order valence-electron chi connectivity index (χ4n) is 2.37. The first-order valence-electron chi connectivity index (χ1n) is 6.57. The van der Waals surface area contributed by atoms with Gasteiger partial charge < -0.3 is 20.1 Å². The first-order valence-corrected chi connectivity index (χ1v) is 6.57. The first-order chi connectivity index (χ1) is 9.99. The highest BCUT2D eigenvalue weighted by molar-refractivity contribution is 5.06. The number of nitrogens with one attached hydrogen (secondary N) is 1. The summed E-state index contributed by atoms with van der Waals surface area (Å²) in [5.41, 5.74) is -0.933. The molecule has 0 aliphatic carbocycles. The van der Waals surface area contributed by atoms with Gasteiger partial charge in [-0.3, -0.25) is 14.3 Å². The molecule has 0 saturated carbocycles. The summed E-state index contributed by atoms with van der Waals surface area (Å²) in [6, 6.07) is 1.24. The zero-order chi connectivity index (χ0) is 15.6. The van der Waals surface area contributed by atoms with Crippen LogP contribution in [0.2, 0.25) is 0 Å². The summed E-state index contributed by atoms with van der Waals surface area (Å²) >= 11 is 0. The molecule has 2 rings (SSSR count). The van der Waals surface area contributed by atoms with Crippen molar-refractivity contribution >= 4 is 0 Å². The molecule has 0 bridgehead atoms. The molecule has 116 valence electrons. The molecule has 1 saturated heterocycles. The maximum atomic E-state index is 12.0. The van der Waals surface area contributed by atoms with E-state index in [1.165, 1.54) is 6.07 Å². The number of aryl methyl sites for hydroxylation is 1. The van der Waals surface area contributed by atoms with Gasteiger partial charge in [0.25, 0.3) is 5.56 Å². The smallest absolute Gasteiger partial charge is 0.330 e. The van der Waals surface area contributed by atoms with Crippen molar-refractivity contribution in [3.63, 3.8) is 0 Å². The highest BCUT2D eigenvalue weighted by Crippen LogP contribution is 2.29. The number of aromatic nitrogens is 2. The molecule has 0 aromatic carbocycles. The number of aliphatic hydroxyl groups is 3. The van der Waals surface area contributed by atoms with Gasteiger partial charge in [0.05, 0.1) is 6.61 Å². The van der Waals surface area contributed by atoms with Crippen LogP contribution >= 0.6 is 0 Å². The lowest BCUT2D eigenvalue weighted by Crippen LogP contribution is -2.39. The van der Waals surface area contributed by atoms with Crippen LogP contribution in [0.25, 0.3) is 0 Å². The summed E-state index contributed by atoms with van der Waals surface area (Å²) in [4.78, 5) is 25.5. The molecule has 1 fully saturated rings. The molecule has 4 N–H and O–H groups in total. The van der Waals surface area contributed by atoms with Crippen molar-refractivity contribution in [2.75, 3.05) is 6.61 Å². The SMILES string of the molecule is C=CCCc1cc(=O)[nH]c(=O)n1[C@@H]1O[C@H](CO)[C@@H](O)[C@H]1O. The Labute approximate surface area is 119 Å². The van der Waals surface area contributed by atoms with Crippen molar-refractivity contribution in [2.24, 2.45) is 0 Å². The Kier molecular flexibility index (Phi) is 4.73. The summed E-state index contributed by atoms with van der Waals surface area (Å²) in [6.45, 7) is 3.08. The maximum Gasteiger partial charge on any atom is 0.330 e. The van der Waals surface area contributed by atoms with E-state index in [4.69, 9.17) is 9.84 Å². The van der Waals surface area contributed by atoms with Gasteiger partial charge in [0, 0.05) is 11.8 Å². The van der Waals surface area contributed by atoms with Gasteiger partial charge in [-0.05, 0) is 12.8 Å². The number of hydrogen-bond donors (Lipinski definition) is 4. The number of allylic oxidation sites excluding steroid dienone is 1. The number of nitrogens with zero attached hydrogens (tertiary/aromatic N) is 1. The third-order valence-corrected chi connectivity index (χ3v) is 3.43. The van der Waals surface area contributed by atoms with E-state index in [1.54, 1.807) is 6.08 Å².